The van der Waals surface area contributed by atoms with Crippen LogP contribution in [-0.4, -0.2) is 28.5 Å². The largest absolute Gasteiger partial charge is 0.393 e. The number of halogens is 1. The van der Waals surface area contributed by atoms with Gasteiger partial charge in [-0.2, -0.15) is 0 Å². The topological polar surface area (TPSA) is 49.3 Å². The molecule has 0 heterocycles. The van der Waals surface area contributed by atoms with Crippen molar-refractivity contribution in [1.82, 2.24) is 5.32 Å². The summed E-state index contributed by atoms with van der Waals surface area (Å²) < 4.78 is 0. The second-order valence-electron chi connectivity index (χ2n) is 2.52. The third kappa shape index (κ3) is 1.95. The lowest BCUT2D eigenvalue weighted by atomic mass is 9.89. The highest BCUT2D eigenvalue weighted by Crippen LogP contribution is 2.18. The third-order valence-corrected chi connectivity index (χ3v) is 2.11. The Morgan fingerprint density at radius 2 is 2.30 bits per heavy atom. The van der Waals surface area contributed by atoms with Crippen molar-refractivity contribution in [1.29, 1.82) is 0 Å². The molecule has 58 valence electrons. The van der Waals surface area contributed by atoms with Crippen LogP contribution in [0.1, 0.15) is 12.8 Å². The van der Waals surface area contributed by atoms with Gasteiger partial charge >= 0.3 is 0 Å². The molecule has 0 bridgehead atoms. The maximum absolute atomic E-state index is 10.7. The second kappa shape index (κ2) is 3.34. The highest BCUT2D eigenvalue weighted by atomic mass is 79.9. The van der Waals surface area contributed by atoms with Crippen LogP contribution < -0.4 is 5.32 Å². The zero-order chi connectivity index (χ0) is 7.56. The molecule has 1 saturated carbocycles. The molecular weight excluding hydrogens is 198 g/mol. The molecule has 0 spiro atoms. The Balaban J connectivity index is 2.10. The fraction of sp³-hybridized carbons (Fsp3) is 0.833. The lowest BCUT2D eigenvalue weighted by molar-refractivity contribution is -0.120. The van der Waals surface area contributed by atoms with Gasteiger partial charge in [-0.15, -0.1) is 0 Å². The molecule has 0 atom stereocenters. The van der Waals surface area contributed by atoms with Gasteiger partial charge in [0.2, 0.25) is 5.91 Å². The van der Waals surface area contributed by atoms with Gasteiger partial charge in [-0.25, -0.2) is 0 Å². The van der Waals surface area contributed by atoms with Gasteiger partial charge < -0.3 is 10.4 Å². The molecular formula is C6H10BrNO2. The van der Waals surface area contributed by atoms with E-state index in [9.17, 15) is 4.79 Å². The predicted octanol–water partition coefficient (Wildman–Crippen LogP) is 0.0208. The maximum Gasteiger partial charge on any atom is 0.230 e. The zero-order valence-electron chi connectivity index (χ0n) is 5.51. The average molecular weight is 208 g/mol. The number of rotatable bonds is 2. The SMILES string of the molecule is O=C(CBr)NC1CC(O)C1. The van der Waals surface area contributed by atoms with Crippen molar-refractivity contribution in [2.75, 3.05) is 5.33 Å². The van der Waals surface area contributed by atoms with Gasteiger partial charge in [0.15, 0.2) is 0 Å². The van der Waals surface area contributed by atoms with Gasteiger partial charge in [-0.05, 0) is 12.8 Å². The van der Waals surface area contributed by atoms with Crippen molar-refractivity contribution < 1.29 is 9.90 Å². The molecule has 1 fully saturated rings. The van der Waals surface area contributed by atoms with Crippen molar-refractivity contribution >= 4 is 21.8 Å². The summed E-state index contributed by atoms with van der Waals surface area (Å²) >= 11 is 3.04. The first-order chi connectivity index (χ1) is 4.72. The minimum absolute atomic E-state index is 0.00287. The summed E-state index contributed by atoms with van der Waals surface area (Å²) in [6.07, 6.45) is 1.22. The van der Waals surface area contributed by atoms with E-state index in [-0.39, 0.29) is 18.1 Å². The fourth-order valence-electron chi connectivity index (χ4n) is 0.972. The minimum Gasteiger partial charge on any atom is -0.393 e. The van der Waals surface area contributed by atoms with E-state index in [0.717, 1.165) is 0 Å². The van der Waals surface area contributed by atoms with Crippen LogP contribution in [0.2, 0.25) is 0 Å². The number of aliphatic hydroxyl groups excluding tert-OH is 1. The van der Waals surface area contributed by atoms with Crippen LogP contribution >= 0.6 is 15.9 Å². The molecule has 0 unspecified atom stereocenters. The zero-order valence-corrected chi connectivity index (χ0v) is 7.10. The van der Waals surface area contributed by atoms with Crippen LogP contribution in [0, 0.1) is 0 Å². The van der Waals surface area contributed by atoms with Gasteiger partial charge in [0.05, 0.1) is 11.4 Å². The summed E-state index contributed by atoms with van der Waals surface area (Å²) in [5, 5.41) is 11.9. The van der Waals surface area contributed by atoms with Crippen molar-refractivity contribution in [2.45, 2.75) is 25.0 Å². The van der Waals surface area contributed by atoms with Crippen LogP contribution in [0.5, 0.6) is 0 Å². The van der Waals surface area contributed by atoms with Crippen LogP contribution in [0.3, 0.4) is 0 Å². The third-order valence-electron chi connectivity index (χ3n) is 1.60. The lowest BCUT2D eigenvalue weighted by Crippen LogP contribution is -2.47. The fourth-order valence-corrected chi connectivity index (χ4v) is 1.13. The molecule has 1 aliphatic rings. The monoisotopic (exact) mass is 207 g/mol. The molecule has 0 saturated heterocycles. The van der Waals surface area contributed by atoms with Gasteiger partial charge in [-0.3, -0.25) is 4.79 Å². The second-order valence-corrected chi connectivity index (χ2v) is 3.08. The summed E-state index contributed by atoms with van der Waals surface area (Å²) in [4.78, 5) is 10.7. The smallest absolute Gasteiger partial charge is 0.230 e. The lowest BCUT2D eigenvalue weighted by Gasteiger charge is -2.31. The number of carbonyl (C=O) groups excluding carboxylic acids is 1. The van der Waals surface area contributed by atoms with Crippen LogP contribution in [-0.2, 0) is 4.79 Å². The molecule has 4 heteroatoms. The number of hydrogen-bond acceptors (Lipinski definition) is 2. The number of carbonyl (C=O) groups is 1. The number of hydrogen-bond donors (Lipinski definition) is 2. The summed E-state index contributed by atoms with van der Waals surface area (Å²) in [6.45, 7) is 0. The Kier molecular flexibility index (Phi) is 2.68. The maximum atomic E-state index is 10.7. The summed E-state index contributed by atoms with van der Waals surface area (Å²) in [5.74, 6) is -0.00287. The van der Waals surface area contributed by atoms with Crippen molar-refractivity contribution in [3.8, 4) is 0 Å². The summed E-state index contributed by atoms with van der Waals surface area (Å²) in [6, 6.07) is 0.208. The highest BCUT2D eigenvalue weighted by molar-refractivity contribution is 9.09. The van der Waals surface area contributed by atoms with E-state index in [1.165, 1.54) is 0 Å². The molecule has 0 aromatic carbocycles. The first kappa shape index (κ1) is 8.01. The van der Waals surface area contributed by atoms with Gasteiger partial charge in [-0.1, -0.05) is 15.9 Å². The molecule has 10 heavy (non-hydrogen) atoms. The Bertz CT molecular complexity index is 134. The average Bonchev–Trinajstić information content (AvgIpc) is 1.84. The number of nitrogens with one attached hydrogen (secondary N) is 1. The quantitative estimate of drug-likeness (QED) is 0.628. The molecule has 0 aromatic rings. The Hall–Kier alpha value is -0.0900. The molecule has 1 amide bonds. The van der Waals surface area contributed by atoms with E-state index in [1.807, 2.05) is 0 Å². The van der Waals surface area contributed by atoms with Crippen LogP contribution in [0.15, 0.2) is 0 Å². The Morgan fingerprint density at radius 3 is 2.70 bits per heavy atom. The first-order valence-electron chi connectivity index (χ1n) is 3.25. The molecule has 1 rings (SSSR count). The molecule has 0 radical (unpaired) electrons. The first-order valence-corrected chi connectivity index (χ1v) is 4.38. The number of alkyl halides is 1. The normalized spacial score (nSPS) is 31.0. The van der Waals surface area contributed by atoms with E-state index < -0.39 is 0 Å². The van der Waals surface area contributed by atoms with Gasteiger partial charge in [0, 0.05) is 6.04 Å². The standard InChI is InChI=1S/C6H10BrNO2/c7-3-6(10)8-4-1-5(9)2-4/h4-5,9H,1-3H2,(H,8,10). The molecule has 0 aromatic heterocycles. The van der Waals surface area contributed by atoms with E-state index in [0.29, 0.717) is 18.2 Å². The summed E-state index contributed by atoms with van der Waals surface area (Å²) in [5.41, 5.74) is 0. The van der Waals surface area contributed by atoms with Gasteiger partial charge in [0.1, 0.15) is 0 Å². The Morgan fingerprint density at radius 1 is 1.70 bits per heavy atom. The van der Waals surface area contributed by atoms with E-state index in [1.54, 1.807) is 0 Å². The van der Waals surface area contributed by atoms with E-state index >= 15 is 0 Å². The minimum atomic E-state index is -0.194. The van der Waals surface area contributed by atoms with Crippen LogP contribution in [0.4, 0.5) is 0 Å². The molecule has 1 aliphatic carbocycles. The molecule has 0 aliphatic heterocycles. The summed E-state index contributed by atoms with van der Waals surface area (Å²) in [7, 11) is 0. The van der Waals surface area contributed by atoms with Gasteiger partial charge in [0.25, 0.3) is 0 Å². The molecule has 3 nitrogen and oxygen atoms in total. The molecule has 2 N–H and O–H groups in total. The number of aliphatic hydroxyl groups is 1. The van der Waals surface area contributed by atoms with Crippen molar-refractivity contribution in [2.24, 2.45) is 0 Å². The number of amides is 1. The highest BCUT2D eigenvalue weighted by Gasteiger charge is 2.27. The van der Waals surface area contributed by atoms with Crippen LogP contribution in [0.25, 0.3) is 0 Å². The van der Waals surface area contributed by atoms with E-state index in [4.69, 9.17) is 5.11 Å². The Labute approximate surface area is 67.9 Å². The predicted molar refractivity (Wildman–Crippen MR) is 41.0 cm³/mol. The van der Waals surface area contributed by atoms with Crippen molar-refractivity contribution in [3.63, 3.8) is 0 Å². The van der Waals surface area contributed by atoms with Crippen molar-refractivity contribution in [3.05, 3.63) is 0 Å². The van der Waals surface area contributed by atoms with E-state index in [2.05, 4.69) is 21.2 Å².